The van der Waals surface area contributed by atoms with Crippen molar-refractivity contribution in [1.29, 1.82) is 0 Å². The zero-order valence-electron chi connectivity index (χ0n) is 9.88. The highest BCUT2D eigenvalue weighted by Crippen LogP contribution is 2.35. The molecule has 0 spiro atoms. The zero-order valence-corrected chi connectivity index (χ0v) is 11.5. The summed E-state index contributed by atoms with van der Waals surface area (Å²) in [6, 6.07) is 7.87. The number of hydrogen-bond acceptors (Lipinski definition) is 4. The van der Waals surface area contributed by atoms with Crippen LogP contribution in [0.15, 0.2) is 40.9 Å². The van der Waals surface area contributed by atoms with Gasteiger partial charge in [-0.1, -0.05) is 0 Å². The van der Waals surface area contributed by atoms with Gasteiger partial charge >= 0.3 is 5.69 Å². The number of rotatable bonds is 4. The SMILES string of the molecule is O=Cc1ccc(Oc2cc(F)c(Br)cc2[N+](=O)[O-])cc1. The molecule has 2 rings (SSSR count). The number of nitro benzene ring substituents is 1. The molecule has 5 nitrogen and oxygen atoms in total. The number of ether oxygens (including phenoxy) is 1. The molecule has 2 aromatic carbocycles. The maximum atomic E-state index is 13.4. The van der Waals surface area contributed by atoms with Gasteiger partial charge in [0.1, 0.15) is 17.9 Å². The summed E-state index contributed by atoms with van der Waals surface area (Å²) in [5, 5.41) is 10.9. The molecule has 0 bridgehead atoms. The molecular weight excluding hydrogens is 333 g/mol. The van der Waals surface area contributed by atoms with Gasteiger partial charge in [-0.25, -0.2) is 4.39 Å². The van der Waals surface area contributed by atoms with Crippen LogP contribution in [0.2, 0.25) is 0 Å². The summed E-state index contributed by atoms with van der Waals surface area (Å²) in [7, 11) is 0. The third-order valence-corrected chi connectivity index (χ3v) is 3.05. The van der Waals surface area contributed by atoms with Crippen molar-refractivity contribution in [2.24, 2.45) is 0 Å². The van der Waals surface area contributed by atoms with Crippen LogP contribution in [0.1, 0.15) is 10.4 Å². The van der Waals surface area contributed by atoms with E-state index in [-0.39, 0.29) is 21.7 Å². The van der Waals surface area contributed by atoms with Gasteiger partial charge in [0.05, 0.1) is 9.40 Å². The largest absolute Gasteiger partial charge is 0.450 e. The average Bonchev–Trinajstić information content (AvgIpc) is 2.43. The fraction of sp³-hybridized carbons (Fsp3) is 0. The lowest BCUT2D eigenvalue weighted by atomic mass is 10.2. The third kappa shape index (κ3) is 3.00. The Morgan fingerprint density at radius 2 is 1.90 bits per heavy atom. The first-order valence-corrected chi connectivity index (χ1v) is 6.17. The topological polar surface area (TPSA) is 69.4 Å². The monoisotopic (exact) mass is 339 g/mol. The van der Waals surface area contributed by atoms with Crippen LogP contribution in [0.5, 0.6) is 11.5 Å². The minimum atomic E-state index is -0.671. The van der Waals surface area contributed by atoms with Gasteiger partial charge < -0.3 is 4.74 Å². The van der Waals surface area contributed by atoms with Gasteiger partial charge in [0.2, 0.25) is 5.75 Å². The molecule has 0 heterocycles. The number of carbonyl (C=O) groups excluding carboxylic acids is 1. The maximum Gasteiger partial charge on any atom is 0.312 e. The van der Waals surface area contributed by atoms with E-state index in [0.29, 0.717) is 11.8 Å². The number of halogens is 2. The Labute approximate surface area is 121 Å². The van der Waals surface area contributed by atoms with Crippen molar-refractivity contribution in [1.82, 2.24) is 0 Å². The second-order valence-corrected chi connectivity index (χ2v) is 4.63. The first-order valence-electron chi connectivity index (χ1n) is 5.38. The van der Waals surface area contributed by atoms with Gasteiger partial charge in [-0.15, -0.1) is 0 Å². The Hall–Kier alpha value is -2.28. The molecule has 0 aliphatic carbocycles. The Bertz CT molecular complexity index is 673. The highest BCUT2D eigenvalue weighted by molar-refractivity contribution is 9.10. The molecule has 7 heteroatoms. The lowest BCUT2D eigenvalue weighted by Gasteiger charge is -2.07. The van der Waals surface area contributed by atoms with E-state index in [1.165, 1.54) is 24.3 Å². The van der Waals surface area contributed by atoms with Gasteiger partial charge in [-0.2, -0.15) is 0 Å². The standard InChI is InChI=1S/C13H7BrFNO4/c14-10-5-12(16(18)19)13(6-11(10)15)20-9-3-1-8(7-17)2-4-9/h1-7H. The fourth-order valence-corrected chi connectivity index (χ4v) is 1.82. The molecule has 20 heavy (non-hydrogen) atoms. The van der Waals surface area contributed by atoms with Crippen LogP contribution in [-0.4, -0.2) is 11.2 Å². The molecule has 0 amide bonds. The second-order valence-electron chi connectivity index (χ2n) is 3.78. The molecule has 0 aliphatic rings. The van der Waals surface area contributed by atoms with E-state index in [2.05, 4.69) is 15.9 Å². The van der Waals surface area contributed by atoms with Crippen molar-refractivity contribution >= 4 is 27.9 Å². The molecule has 0 aliphatic heterocycles. The molecule has 0 unspecified atom stereocenters. The first-order chi connectivity index (χ1) is 9.51. The fourth-order valence-electron chi connectivity index (χ4n) is 1.48. The van der Waals surface area contributed by atoms with E-state index in [1.807, 2.05) is 0 Å². The molecule has 0 radical (unpaired) electrons. The van der Waals surface area contributed by atoms with Crippen molar-refractivity contribution in [2.45, 2.75) is 0 Å². The molecule has 0 saturated heterocycles. The quantitative estimate of drug-likeness (QED) is 0.477. The minimum absolute atomic E-state index is 0.0205. The average molecular weight is 340 g/mol. The smallest absolute Gasteiger partial charge is 0.312 e. The highest BCUT2D eigenvalue weighted by Gasteiger charge is 2.19. The van der Waals surface area contributed by atoms with E-state index in [4.69, 9.17) is 4.74 Å². The summed E-state index contributed by atoms with van der Waals surface area (Å²) >= 11 is 2.88. The van der Waals surface area contributed by atoms with Gasteiger partial charge in [0.15, 0.2) is 0 Å². The lowest BCUT2D eigenvalue weighted by Crippen LogP contribution is -1.95. The van der Waals surface area contributed by atoms with E-state index < -0.39 is 10.7 Å². The van der Waals surface area contributed by atoms with Crippen LogP contribution >= 0.6 is 15.9 Å². The number of nitro groups is 1. The Morgan fingerprint density at radius 1 is 1.25 bits per heavy atom. The molecular formula is C13H7BrFNO4. The van der Waals surface area contributed by atoms with E-state index in [0.717, 1.165) is 12.1 Å². The molecule has 0 aromatic heterocycles. The van der Waals surface area contributed by atoms with Gasteiger partial charge in [0, 0.05) is 17.7 Å². The molecule has 0 atom stereocenters. The summed E-state index contributed by atoms with van der Waals surface area (Å²) in [6.07, 6.45) is 0.658. The molecule has 102 valence electrons. The summed E-state index contributed by atoms with van der Waals surface area (Å²) in [5.41, 5.74) is 0.0755. The van der Waals surface area contributed by atoms with Crippen LogP contribution < -0.4 is 4.74 Å². The predicted molar refractivity (Wildman–Crippen MR) is 72.7 cm³/mol. The van der Waals surface area contributed by atoms with Crippen molar-refractivity contribution in [3.63, 3.8) is 0 Å². The Balaban J connectivity index is 2.38. The number of hydrogen-bond donors (Lipinski definition) is 0. The lowest BCUT2D eigenvalue weighted by molar-refractivity contribution is -0.385. The van der Waals surface area contributed by atoms with Crippen molar-refractivity contribution in [3.8, 4) is 11.5 Å². The zero-order chi connectivity index (χ0) is 14.7. The molecule has 2 aromatic rings. The molecule has 0 fully saturated rings. The van der Waals surface area contributed by atoms with Gasteiger partial charge in [-0.05, 0) is 40.2 Å². The second kappa shape index (κ2) is 5.79. The van der Waals surface area contributed by atoms with Gasteiger partial charge in [-0.3, -0.25) is 14.9 Å². The van der Waals surface area contributed by atoms with Gasteiger partial charge in [0.25, 0.3) is 0 Å². The van der Waals surface area contributed by atoms with Crippen LogP contribution in [0, 0.1) is 15.9 Å². The summed E-state index contributed by atoms with van der Waals surface area (Å²) in [5.74, 6) is -0.620. The maximum absolute atomic E-state index is 13.4. The van der Waals surface area contributed by atoms with Crippen molar-refractivity contribution < 1.29 is 18.8 Å². The third-order valence-electron chi connectivity index (χ3n) is 2.44. The molecule has 0 N–H and O–H groups in total. The Morgan fingerprint density at radius 3 is 2.45 bits per heavy atom. The number of carbonyl (C=O) groups is 1. The molecule has 0 saturated carbocycles. The number of nitrogens with zero attached hydrogens (tertiary/aromatic N) is 1. The van der Waals surface area contributed by atoms with E-state index >= 15 is 0 Å². The van der Waals surface area contributed by atoms with E-state index in [1.54, 1.807) is 0 Å². The van der Waals surface area contributed by atoms with Crippen LogP contribution in [0.25, 0.3) is 0 Å². The predicted octanol–water partition coefficient (Wildman–Crippen LogP) is 4.10. The normalized spacial score (nSPS) is 10.1. The van der Waals surface area contributed by atoms with Crippen LogP contribution in [0.4, 0.5) is 10.1 Å². The van der Waals surface area contributed by atoms with Crippen molar-refractivity contribution in [2.75, 3.05) is 0 Å². The number of aldehydes is 1. The summed E-state index contributed by atoms with van der Waals surface area (Å²) in [6.45, 7) is 0. The summed E-state index contributed by atoms with van der Waals surface area (Å²) < 4.78 is 18.7. The number of benzene rings is 2. The van der Waals surface area contributed by atoms with Crippen LogP contribution in [-0.2, 0) is 0 Å². The first kappa shape index (κ1) is 14.1. The highest BCUT2D eigenvalue weighted by atomic mass is 79.9. The Kier molecular flexibility index (Phi) is 4.09. The minimum Gasteiger partial charge on any atom is -0.450 e. The summed E-state index contributed by atoms with van der Waals surface area (Å²) in [4.78, 5) is 20.8. The van der Waals surface area contributed by atoms with Crippen molar-refractivity contribution in [3.05, 3.63) is 62.4 Å². The van der Waals surface area contributed by atoms with E-state index in [9.17, 15) is 19.3 Å². The van der Waals surface area contributed by atoms with Crippen LogP contribution in [0.3, 0.4) is 0 Å².